The zero-order valence-corrected chi connectivity index (χ0v) is 11.8. The van der Waals surface area contributed by atoms with Gasteiger partial charge in [0.25, 0.3) is 0 Å². The predicted octanol–water partition coefficient (Wildman–Crippen LogP) is 1.80. The molecular formula is C16H22N4. The van der Waals surface area contributed by atoms with Crippen LogP contribution < -0.4 is 10.6 Å². The molecule has 20 heavy (non-hydrogen) atoms. The molecule has 2 saturated heterocycles. The fraction of sp³-hybridized carbons (Fsp3) is 0.562. The molecule has 106 valence electrons. The molecule has 3 rings (SSSR count). The second-order valence-electron chi connectivity index (χ2n) is 5.75. The van der Waals surface area contributed by atoms with E-state index in [0.717, 1.165) is 24.3 Å². The fourth-order valence-electron chi connectivity index (χ4n) is 3.39. The largest absolute Gasteiger partial charge is 0.385 e. The van der Waals surface area contributed by atoms with Crippen LogP contribution in [0.4, 0.5) is 5.69 Å². The normalized spacial score (nSPS) is 25.4. The van der Waals surface area contributed by atoms with E-state index in [2.05, 4.69) is 21.6 Å². The summed E-state index contributed by atoms with van der Waals surface area (Å²) in [6.07, 6.45) is 3.90. The molecule has 2 fully saturated rings. The van der Waals surface area contributed by atoms with Gasteiger partial charge in [-0.25, -0.2) is 0 Å². The average molecular weight is 270 g/mol. The zero-order chi connectivity index (χ0) is 13.8. The van der Waals surface area contributed by atoms with Crippen LogP contribution in [0.15, 0.2) is 24.3 Å². The summed E-state index contributed by atoms with van der Waals surface area (Å²) in [6, 6.07) is 11.4. The monoisotopic (exact) mass is 270 g/mol. The van der Waals surface area contributed by atoms with E-state index < -0.39 is 0 Å². The number of nitriles is 1. The molecule has 0 saturated carbocycles. The molecule has 0 radical (unpaired) electrons. The third-order valence-electron chi connectivity index (χ3n) is 4.47. The Bertz CT molecular complexity index is 460. The van der Waals surface area contributed by atoms with Gasteiger partial charge >= 0.3 is 0 Å². The minimum absolute atomic E-state index is 0.716. The summed E-state index contributed by atoms with van der Waals surface area (Å²) >= 11 is 0. The van der Waals surface area contributed by atoms with Gasteiger partial charge in [0.1, 0.15) is 0 Å². The van der Waals surface area contributed by atoms with Crippen LogP contribution in [0, 0.1) is 11.3 Å². The third-order valence-corrected chi connectivity index (χ3v) is 4.47. The maximum absolute atomic E-state index is 8.76. The molecule has 4 nitrogen and oxygen atoms in total. The van der Waals surface area contributed by atoms with Gasteiger partial charge in [0, 0.05) is 44.0 Å². The van der Waals surface area contributed by atoms with Crippen LogP contribution >= 0.6 is 0 Å². The minimum atomic E-state index is 0.716. The average Bonchev–Trinajstić information content (AvgIpc) is 2.72. The molecule has 2 aliphatic rings. The van der Waals surface area contributed by atoms with Crippen molar-refractivity contribution in [3.05, 3.63) is 29.8 Å². The van der Waals surface area contributed by atoms with Crippen LogP contribution in [-0.4, -0.2) is 43.2 Å². The highest BCUT2D eigenvalue weighted by atomic mass is 15.3. The van der Waals surface area contributed by atoms with Crippen molar-refractivity contribution in [2.45, 2.75) is 31.3 Å². The molecular weight excluding hydrogens is 248 g/mol. The lowest BCUT2D eigenvalue weighted by atomic mass is 10.2. The van der Waals surface area contributed by atoms with Gasteiger partial charge in [-0.2, -0.15) is 5.26 Å². The highest BCUT2D eigenvalue weighted by Gasteiger charge is 2.35. The van der Waals surface area contributed by atoms with Crippen molar-refractivity contribution in [3.8, 4) is 6.07 Å². The van der Waals surface area contributed by atoms with E-state index in [4.69, 9.17) is 5.26 Å². The van der Waals surface area contributed by atoms with E-state index >= 15 is 0 Å². The van der Waals surface area contributed by atoms with Gasteiger partial charge in [-0.3, -0.25) is 4.90 Å². The van der Waals surface area contributed by atoms with Crippen LogP contribution in [0.1, 0.15) is 24.8 Å². The molecule has 0 aromatic heterocycles. The molecule has 1 aromatic carbocycles. The molecule has 0 aliphatic carbocycles. The van der Waals surface area contributed by atoms with Gasteiger partial charge in [0.2, 0.25) is 0 Å². The minimum Gasteiger partial charge on any atom is -0.385 e. The van der Waals surface area contributed by atoms with Crippen molar-refractivity contribution in [2.75, 3.05) is 31.5 Å². The second kappa shape index (κ2) is 6.25. The highest BCUT2D eigenvalue weighted by molar-refractivity contribution is 5.47. The number of nitrogens with one attached hydrogen (secondary N) is 2. The number of fused-ring (bicyclic) bond motifs is 2. The first kappa shape index (κ1) is 13.4. The highest BCUT2D eigenvalue weighted by Crippen LogP contribution is 2.26. The standard InChI is InChI=1S/C16H22N4/c17-10-13-2-4-14(5-3-13)19-8-1-9-20-15-6-7-16(20)12-18-11-15/h2-5,15-16,18-19H,1,6-9,11-12H2. The van der Waals surface area contributed by atoms with E-state index in [1.54, 1.807) is 0 Å². The van der Waals surface area contributed by atoms with Crippen molar-refractivity contribution in [1.82, 2.24) is 10.2 Å². The third kappa shape index (κ3) is 2.95. The molecule has 2 aliphatic heterocycles. The molecule has 4 heteroatoms. The number of nitrogens with zero attached hydrogens (tertiary/aromatic N) is 2. The number of rotatable bonds is 5. The van der Waals surface area contributed by atoms with Crippen LogP contribution in [-0.2, 0) is 0 Å². The van der Waals surface area contributed by atoms with Gasteiger partial charge in [-0.15, -0.1) is 0 Å². The van der Waals surface area contributed by atoms with Crippen LogP contribution in [0.2, 0.25) is 0 Å². The summed E-state index contributed by atoms with van der Waals surface area (Å²) in [6.45, 7) is 4.52. The van der Waals surface area contributed by atoms with Crippen LogP contribution in [0.3, 0.4) is 0 Å². The Hall–Kier alpha value is -1.57. The first-order valence-electron chi connectivity index (χ1n) is 7.57. The van der Waals surface area contributed by atoms with E-state index in [9.17, 15) is 0 Å². The maximum Gasteiger partial charge on any atom is 0.0991 e. The summed E-state index contributed by atoms with van der Waals surface area (Å²) in [5.41, 5.74) is 1.82. The molecule has 2 N–H and O–H groups in total. The fourth-order valence-corrected chi connectivity index (χ4v) is 3.39. The van der Waals surface area contributed by atoms with E-state index in [0.29, 0.717) is 5.56 Å². The smallest absolute Gasteiger partial charge is 0.0991 e. The number of hydrogen-bond acceptors (Lipinski definition) is 4. The topological polar surface area (TPSA) is 51.1 Å². The van der Waals surface area contributed by atoms with Crippen molar-refractivity contribution in [1.29, 1.82) is 5.26 Å². The Morgan fingerprint density at radius 2 is 1.90 bits per heavy atom. The summed E-state index contributed by atoms with van der Waals surface area (Å²) in [5, 5.41) is 15.7. The first-order valence-corrected chi connectivity index (χ1v) is 7.57. The lowest BCUT2D eigenvalue weighted by Gasteiger charge is -2.35. The van der Waals surface area contributed by atoms with Gasteiger partial charge in [-0.1, -0.05) is 0 Å². The number of hydrogen-bond donors (Lipinski definition) is 2. The Morgan fingerprint density at radius 1 is 1.20 bits per heavy atom. The Morgan fingerprint density at radius 3 is 2.55 bits per heavy atom. The number of anilines is 1. The summed E-state index contributed by atoms with van der Waals surface area (Å²) < 4.78 is 0. The van der Waals surface area contributed by atoms with Crippen LogP contribution in [0.25, 0.3) is 0 Å². The lowest BCUT2D eigenvalue weighted by molar-refractivity contribution is 0.153. The quantitative estimate of drug-likeness (QED) is 0.801. The molecule has 2 atom stereocenters. The van der Waals surface area contributed by atoms with Crippen molar-refractivity contribution in [3.63, 3.8) is 0 Å². The second-order valence-corrected chi connectivity index (χ2v) is 5.75. The number of piperazine rings is 1. The lowest BCUT2D eigenvalue weighted by Crippen LogP contribution is -2.52. The van der Waals surface area contributed by atoms with Gasteiger partial charge in [0.05, 0.1) is 11.6 Å². The Balaban J connectivity index is 1.41. The van der Waals surface area contributed by atoms with Crippen molar-refractivity contribution < 1.29 is 0 Å². The van der Waals surface area contributed by atoms with Crippen molar-refractivity contribution >= 4 is 5.69 Å². The summed E-state index contributed by atoms with van der Waals surface area (Å²) in [4.78, 5) is 2.69. The maximum atomic E-state index is 8.76. The summed E-state index contributed by atoms with van der Waals surface area (Å²) in [7, 11) is 0. The van der Waals surface area contributed by atoms with Gasteiger partial charge in [0.15, 0.2) is 0 Å². The first-order chi connectivity index (χ1) is 9.86. The molecule has 2 unspecified atom stereocenters. The molecule has 0 spiro atoms. The van der Waals surface area contributed by atoms with Gasteiger partial charge in [-0.05, 0) is 43.5 Å². The molecule has 2 bridgehead atoms. The van der Waals surface area contributed by atoms with E-state index in [1.165, 1.54) is 38.9 Å². The zero-order valence-electron chi connectivity index (χ0n) is 11.8. The van der Waals surface area contributed by atoms with E-state index in [-0.39, 0.29) is 0 Å². The Labute approximate surface area is 120 Å². The molecule has 0 amide bonds. The molecule has 1 aromatic rings. The summed E-state index contributed by atoms with van der Waals surface area (Å²) in [5.74, 6) is 0. The van der Waals surface area contributed by atoms with Crippen molar-refractivity contribution in [2.24, 2.45) is 0 Å². The number of benzene rings is 1. The van der Waals surface area contributed by atoms with E-state index in [1.807, 2.05) is 24.3 Å². The van der Waals surface area contributed by atoms with Crippen LogP contribution in [0.5, 0.6) is 0 Å². The molecule has 2 heterocycles. The van der Waals surface area contributed by atoms with Gasteiger partial charge < -0.3 is 10.6 Å². The predicted molar refractivity (Wildman–Crippen MR) is 80.6 cm³/mol. The Kier molecular flexibility index (Phi) is 4.19. The SMILES string of the molecule is N#Cc1ccc(NCCCN2C3CCC2CNC3)cc1.